The molecule has 1 aromatic heterocycles. The zero-order valence-electron chi connectivity index (χ0n) is 11.0. The number of halogens is 1. The molecule has 2 rings (SSSR count). The summed E-state index contributed by atoms with van der Waals surface area (Å²) in [7, 11) is 1.69. The van der Waals surface area contributed by atoms with E-state index in [0.717, 1.165) is 0 Å². The van der Waals surface area contributed by atoms with Gasteiger partial charge < -0.3 is 10.6 Å². The summed E-state index contributed by atoms with van der Waals surface area (Å²) >= 11 is 3.09. The van der Waals surface area contributed by atoms with E-state index in [4.69, 9.17) is 0 Å². The lowest BCUT2D eigenvalue weighted by Crippen LogP contribution is -2.14. The average molecular weight is 351 g/mol. The van der Waals surface area contributed by atoms with Crippen LogP contribution in [-0.2, 0) is 0 Å². The van der Waals surface area contributed by atoms with Crippen molar-refractivity contribution in [3.8, 4) is 0 Å². The van der Waals surface area contributed by atoms with E-state index >= 15 is 0 Å². The Kier molecular flexibility index (Phi) is 4.49. The van der Waals surface area contributed by atoms with Gasteiger partial charge in [0.2, 0.25) is 0 Å². The summed E-state index contributed by atoms with van der Waals surface area (Å²) in [6, 6.07) is 6.04. The summed E-state index contributed by atoms with van der Waals surface area (Å²) in [5.74, 6) is -0.399. The van der Waals surface area contributed by atoms with Crippen molar-refractivity contribution in [3.05, 3.63) is 56.8 Å². The highest BCUT2D eigenvalue weighted by molar-refractivity contribution is 9.10. The van der Waals surface area contributed by atoms with Crippen molar-refractivity contribution in [2.45, 2.75) is 0 Å². The Balaban J connectivity index is 2.28. The summed E-state index contributed by atoms with van der Waals surface area (Å²) in [5.41, 5.74) is 1.19. The Hall–Kier alpha value is -2.48. The number of nitro groups is 1. The van der Waals surface area contributed by atoms with Crippen LogP contribution in [0.1, 0.15) is 10.4 Å². The monoisotopic (exact) mass is 350 g/mol. The second kappa shape index (κ2) is 6.31. The van der Waals surface area contributed by atoms with Crippen LogP contribution in [0.3, 0.4) is 0 Å². The number of nitrogens with one attached hydrogen (secondary N) is 2. The Morgan fingerprint density at radius 3 is 2.81 bits per heavy atom. The van der Waals surface area contributed by atoms with Crippen LogP contribution in [0.2, 0.25) is 0 Å². The minimum absolute atomic E-state index is 0.118. The molecular weight excluding hydrogens is 340 g/mol. The fourth-order valence-corrected chi connectivity index (χ4v) is 2.11. The molecule has 0 aliphatic heterocycles. The van der Waals surface area contributed by atoms with Crippen molar-refractivity contribution in [3.63, 3.8) is 0 Å². The number of amides is 1. The molecule has 2 aromatic rings. The van der Waals surface area contributed by atoms with Crippen molar-refractivity contribution < 1.29 is 9.72 Å². The molecular formula is C13H11BrN4O3. The average Bonchev–Trinajstić information content (AvgIpc) is 2.48. The van der Waals surface area contributed by atoms with Gasteiger partial charge in [0.1, 0.15) is 0 Å². The molecule has 7 nitrogen and oxygen atoms in total. The lowest BCUT2D eigenvalue weighted by Gasteiger charge is -2.09. The zero-order valence-corrected chi connectivity index (χ0v) is 12.5. The summed E-state index contributed by atoms with van der Waals surface area (Å²) in [5, 5.41) is 16.4. The lowest BCUT2D eigenvalue weighted by atomic mass is 10.2. The van der Waals surface area contributed by atoms with Crippen LogP contribution in [0.25, 0.3) is 0 Å². The van der Waals surface area contributed by atoms with Gasteiger partial charge >= 0.3 is 0 Å². The molecule has 1 heterocycles. The minimum Gasteiger partial charge on any atom is -0.387 e. The molecule has 0 fully saturated rings. The van der Waals surface area contributed by atoms with Crippen molar-refractivity contribution in [1.82, 2.24) is 4.98 Å². The largest absolute Gasteiger partial charge is 0.387 e. The number of pyridine rings is 1. The molecule has 2 N–H and O–H groups in total. The van der Waals surface area contributed by atoms with E-state index in [1.165, 1.54) is 18.3 Å². The standard InChI is InChI=1S/C13H11BrN4O3/c1-15-11-4-5-16-7-9(11)13(19)17-8-2-3-10(14)12(6-8)18(20)21/h2-7H,1H3,(H,15,16)(H,17,19). The molecule has 0 spiro atoms. The van der Waals surface area contributed by atoms with Gasteiger partial charge in [0.25, 0.3) is 11.6 Å². The Morgan fingerprint density at radius 1 is 1.38 bits per heavy atom. The normalized spacial score (nSPS) is 10.0. The third-order valence-corrected chi connectivity index (χ3v) is 3.41. The van der Waals surface area contributed by atoms with E-state index in [2.05, 4.69) is 31.5 Å². The molecule has 0 unspecified atom stereocenters. The maximum atomic E-state index is 12.2. The van der Waals surface area contributed by atoms with Crippen LogP contribution in [0.15, 0.2) is 41.1 Å². The first-order valence-electron chi connectivity index (χ1n) is 5.90. The van der Waals surface area contributed by atoms with Crippen LogP contribution < -0.4 is 10.6 Å². The molecule has 0 atom stereocenters. The van der Waals surface area contributed by atoms with Gasteiger partial charge in [-0.2, -0.15) is 0 Å². The van der Waals surface area contributed by atoms with E-state index in [-0.39, 0.29) is 5.69 Å². The maximum absolute atomic E-state index is 12.2. The quantitative estimate of drug-likeness (QED) is 0.652. The van der Waals surface area contributed by atoms with Crippen LogP contribution in [0, 0.1) is 10.1 Å². The van der Waals surface area contributed by atoms with Gasteiger partial charge in [0.15, 0.2) is 0 Å². The summed E-state index contributed by atoms with van der Waals surface area (Å²) in [4.78, 5) is 26.4. The van der Waals surface area contributed by atoms with E-state index < -0.39 is 10.8 Å². The highest BCUT2D eigenvalue weighted by Crippen LogP contribution is 2.28. The third-order valence-electron chi connectivity index (χ3n) is 2.74. The second-order valence-electron chi connectivity index (χ2n) is 4.05. The fraction of sp³-hybridized carbons (Fsp3) is 0.0769. The molecule has 8 heteroatoms. The van der Waals surface area contributed by atoms with E-state index in [0.29, 0.717) is 21.4 Å². The first kappa shape index (κ1) is 14.9. The highest BCUT2D eigenvalue weighted by Gasteiger charge is 2.15. The summed E-state index contributed by atoms with van der Waals surface area (Å²) < 4.78 is 0.350. The molecule has 0 bridgehead atoms. The molecule has 0 aliphatic carbocycles. The molecule has 0 radical (unpaired) electrons. The number of rotatable bonds is 4. The number of aromatic nitrogens is 1. The first-order chi connectivity index (χ1) is 10.0. The Bertz CT molecular complexity index is 706. The second-order valence-corrected chi connectivity index (χ2v) is 4.90. The predicted octanol–water partition coefficient (Wildman–Crippen LogP) is 3.05. The van der Waals surface area contributed by atoms with Crippen molar-refractivity contribution >= 4 is 38.9 Å². The molecule has 1 amide bonds. The molecule has 0 saturated carbocycles. The fourth-order valence-electron chi connectivity index (χ4n) is 1.72. The number of benzene rings is 1. The van der Waals surface area contributed by atoms with Crippen LogP contribution in [0.5, 0.6) is 0 Å². The van der Waals surface area contributed by atoms with Crippen LogP contribution in [-0.4, -0.2) is 22.9 Å². The molecule has 1 aromatic carbocycles. The van der Waals surface area contributed by atoms with Crippen LogP contribution in [0.4, 0.5) is 17.1 Å². The number of hydrogen-bond acceptors (Lipinski definition) is 5. The predicted molar refractivity (Wildman–Crippen MR) is 82.5 cm³/mol. The van der Waals surface area contributed by atoms with Gasteiger partial charge in [-0.3, -0.25) is 19.9 Å². The zero-order chi connectivity index (χ0) is 15.4. The highest BCUT2D eigenvalue weighted by atomic mass is 79.9. The van der Waals surface area contributed by atoms with Crippen molar-refractivity contribution in [2.24, 2.45) is 0 Å². The van der Waals surface area contributed by atoms with Gasteiger partial charge in [-0.25, -0.2) is 0 Å². The molecule has 21 heavy (non-hydrogen) atoms. The number of carbonyl (C=O) groups is 1. The first-order valence-corrected chi connectivity index (χ1v) is 6.69. The molecule has 0 saturated heterocycles. The van der Waals surface area contributed by atoms with Gasteiger partial charge in [0, 0.05) is 36.9 Å². The molecule has 108 valence electrons. The summed E-state index contributed by atoms with van der Waals surface area (Å²) in [6.45, 7) is 0. The van der Waals surface area contributed by atoms with Gasteiger partial charge in [-0.1, -0.05) is 0 Å². The Labute approximate surface area is 128 Å². The number of nitro benzene ring substituents is 1. The number of nitrogens with zero attached hydrogens (tertiary/aromatic N) is 2. The van der Waals surface area contributed by atoms with Gasteiger partial charge in [-0.05, 0) is 34.1 Å². The van der Waals surface area contributed by atoms with E-state index in [1.807, 2.05) is 0 Å². The number of carbonyl (C=O) groups excluding carboxylic acids is 1. The van der Waals surface area contributed by atoms with E-state index in [1.54, 1.807) is 25.4 Å². The topological polar surface area (TPSA) is 97.2 Å². The van der Waals surface area contributed by atoms with Crippen molar-refractivity contribution in [2.75, 3.05) is 17.7 Å². The van der Waals surface area contributed by atoms with Gasteiger partial charge in [-0.15, -0.1) is 0 Å². The third kappa shape index (κ3) is 3.34. The van der Waals surface area contributed by atoms with Crippen molar-refractivity contribution in [1.29, 1.82) is 0 Å². The Morgan fingerprint density at radius 2 is 2.14 bits per heavy atom. The van der Waals surface area contributed by atoms with E-state index in [9.17, 15) is 14.9 Å². The van der Waals surface area contributed by atoms with Gasteiger partial charge in [0.05, 0.1) is 15.0 Å². The smallest absolute Gasteiger partial charge is 0.285 e. The van der Waals surface area contributed by atoms with Crippen LogP contribution >= 0.6 is 15.9 Å². The summed E-state index contributed by atoms with van der Waals surface area (Å²) in [6.07, 6.45) is 2.99. The minimum atomic E-state index is -0.525. The number of hydrogen-bond donors (Lipinski definition) is 2. The SMILES string of the molecule is CNc1ccncc1C(=O)Nc1ccc(Br)c([N+](=O)[O-])c1. The molecule has 0 aliphatic rings. The lowest BCUT2D eigenvalue weighted by molar-refractivity contribution is -0.385. The number of anilines is 2. The maximum Gasteiger partial charge on any atom is 0.285 e.